The number of hydrogen-bond donors (Lipinski definition) is 3. The lowest BCUT2D eigenvalue weighted by Gasteiger charge is -2.25. The number of carbonyl (C=O) groups excluding carboxylic acids is 2. The SMILES string of the molecule is Cc1ccc(NC(=O)CN2CCc3nc(NC(=O)NC4CCCC4)sc3C2)cc1. The average molecular weight is 414 g/mol. The van der Waals surface area contributed by atoms with Gasteiger partial charge in [-0.25, -0.2) is 9.78 Å². The highest BCUT2D eigenvalue weighted by Gasteiger charge is 2.23. The molecule has 1 aliphatic heterocycles. The number of nitrogens with one attached hydrogen (secondary N) is 3. The maximum Gasteiger partial charge on any atom is 0.321 e. The number of nitrogens with zero attached hydrogens (tertiary/aromatic N) is 2. The topological polar surface area (TPSA) is 86.4 Å². The van der Waals surface area contributed by atoms with Gasteiger partial charge >= 0.3 is 6.03 Å². The third kappa shape index (κ3) is 5.33. The number of rotatable bonds is 5. The minimum absolute atomic E-state index is 0.0175. The molecule has 0 atom stereocenters. The van der Waals surface area contributed by atoms with Gasteiger partial charge < -0.3 is 10.6 Å². The number of urea groups is 1. The molecule has 29 heavy (non-hydrogen) atoms. The number of thiazole rings is 1. The van der Waals surface area contributed by atoms with Gasteiger partial charge in [-0.15, -0.1) is 11.3 Å². The molecular formula is C21H27N5O2S. The molecule has 1 saturated carbocycles. The number of aromatic nitrogens is 1. The predicted octanol–water partition coefficient (Wildman–Crippen LogP) is 3.51. The first-order chi connectivity index (χ1) is 14.0. The van der Waals surface area contributed by atoms with Crippen LogP contribution in [-0.2, 0) is 17.8 Å². The molecule has 0 spiro atoms. The summed E-state index contributed by atoms with van der Waals surface area (Å²) in [4.78, 5) is 32.3. The van der Waals surface area contributed by atoms with Crippen molar-refractivity contribution in [2.24, 2.45) is 0 Å². The predicted molar refractivity (Wildman–Crippen MR) is 115 cm³/mol. The lowest BCUT2D eigenvalue weighted by Crippen LogP contribution is -2.36. The number of fused-ring (bicyclic) bond motifs is 1. The molecule has 2 aromatic rings. The smallest absolute Gasteiger partial charge is 0.321 e. The third-order valence-electron chi connectivity index (χ3n) is 5.42. The minimum atomic E-state index is -0.169. The van der Waals surface area contributed by atoms with E-state index in [0.29, 0.717) is 18.2 Å². The average Bonchev–Trinajstić information content (AvgIpc) is 3.32. The summed E-state index contributed by atoms with van der Waals surface area (Å²) in [6, 6.07) is 7.91. The van der Waals surface area contributed by atoms with Crippen LogP contribution < -0.4 is 16.0 Å². The molecule has 2 heterocycles. The van der Waals surface area contributed by atoms with Crippen LogP contribution in [0.1, 0.15) is 41.8 Å². The van der Waals surface area contributed by atoms with Gasteiger partial charge in [0.1, 0.15) is 0 Å². The quantitative estimate of drug-likeness (QED) is 0.700. The molecule has 0 unspecified atom stereocenters. The highest BCUT2D eigenvalue weighted by atomic mass is 32.1. The van der Waals surface area contributed by atoms with Gasteiger partial charge in [-0.05, 0) is 31.9 Å². The summed E-state index contributed by atoms with van der Waals surface area (Å²) in [5.74, 6) is -0.0175. The summed E-state index contributed by atoms with van der Waals surface area (Å²) in [5.41, 5.74) is 3.01. The van der Waals surface area contributed by atoms with Gasteiger partial charge in [-0.3, -0.25) is 15.0 Å². The Labute approximate surface area is 174 Å². The Bertz CT molecular complexity index is 874. The van der Waals surface area contributed by atoms with Crippen LogP contribution in [0.15, 0.2) is 24.3 Å². The molecule has 1 aromatic carbocycles. The van der Waals surface area contributed by atoms with Gasteiger partial charge in [0.15, 0.2) is 5.13 Å². The lowest BCUT2D eigenvalue weighted by molar-refractivity contribution is -0.117. The zero-order valence-corrected chi connectivity index (χ0v) is 17.5. The van der Waals surface area contributed by atoms with Crippen molar-refractivity contribution >= 4 is 34.1 Å². The van der Waals surface area contributed by atoms with Gasteiger partial charge in [0.25, 0.3) is 0 Å². The van der Waals surface area contributed by atoms with Gasteiger partial charge in [-0.2, -0.15) is 0 Å². The third-order valence-corrected chi connectivity index (χ3v) is 6.42. The molecule has 0 radical (unpaired) electrons. The molecule has 1 aromatic heterocycles. The molecule has 0 bridgehead atoms. The van der Waals surface area contributed by atoms with E-state index in [2.05, 4.69) is 25.8 Å². The molecule has 8 heteroatoms. The van der Waals surface area contributed by atoms with Crippen molar-refractivity contribution in [2.45, 2.75) is 51.6 Å². The first-order valence-electron chi connectivity index (χ1n) is 10.2. The normalized spacial score (nSPS) is 17.0. The highest BCUT2D eigenvalue weighted by Crippen LogP contribution is 2.28. The maximum atomic E-state index is 12.4. The Morgan fingerprint density at radius 2 is 1.93 bits per heavy atom. The van der Waals surface area contributed by atoms with Crippen molar-refractivity contribution in [3.8, 4) is 0 Å². The van der Waals surface area contributed by atoms with Crippen LogP contribution in [0.3, 0.4) is 0 Å². The van der Waals surface area contributed by atoms with Crippen LogP contribution >= 0.6 is 11.3 Å². The van der Waals surface area contributed by atoms with Gasteiger partial charge in [0.05, 0.1) is 12.2 Å². The first-order valence-corrected chi connectivity index (χ1v) is 11.0. The number of anilines is 2. The second-order valence-corrected chi connectivity index (χ2v) is 8.93. The van der Waals surface area contributed by atoms with E-state index in [4.69, 9.17) is 0 Å². The zero-order valence-electron chi connectivity index (χ0n) is 16.7. The molecule has 154 valence electrons. The van der Waals surface area contributed by atoms with E-state index in [-0.39, 0.29) is 18.0 Å². The van der Waals surface area contributed by atoms with Crippen LogP contribution in [0.25, 0.3) is 0 Å². The number of amides is 3. The van der Waals surface area contributed by atoms with Gasteiger partial charge in [0, 0.05) is 36.1 Å². The van der Waals surface area contributed by atoms with E-state index in [9.17, 15) is 9.59 Å². The Morgan fingerprint density at radius 1 is 1.17 bits per heavy atom. The molecule has 0 saturated heterocycles. The summed E-state index contributed by atoms with van der Waals surface area (Å²) in [5, 5.41) is 9.48. The van der Waals surface area contributed by atoms with Crippen molar-refractivity contribution in [2.75, 3.05) is 23.7 Å². The van der Waals surface area contributed by atoms with Crippen molar-refractivity contribution in [1.29, 1.82) is 0 Å². The standard InChI is InChI=1S/C21H27N5O2S/c1-14-6-8-16(9-7-14)22-19(27)13-26-11-10-17-18(12-26)29-21(24-17)25-20(28)23-15-4-2-3-5-15/h6-9,15H,2-5,10-13H2,1H3,(H,22,27)(H2,23,24,25,28). The van der Waals surface area contributed by atoms with Gasteiger partial charge in [0.2, 0.25) is 5.91 Å². The van der Waals surface area contributed by atoms with E-state index in [0.717, 1.165) is 47.6 Å². The summed E-state index contributed by atoms with van der Waals surface area (Å²) in [6.07, 6.45) is 5.27. The summed E-state index contributed by atoms with van der Waals surface area (Å²) in [7, 11) is 0. The maximum absolute atomic E-state index is 12.4. The number of benzene rings is 1. The van der Waals surface area contributed by atoms with Crippen molar-refractivity contribution in [1.82, 2.24) is 15.2 Å². The number of hydrogen-bond acceptors (Lipinski definition) is 5. The fourth-order valence-electron chi connectivity index (χ4n) is 3.87. The molecule has 1 aliphatic carbocycles. The Morgan fingerprint density at radius 3 is 2.69 bits per heavy atom. The minimum Gasteiger partial charge on any atom is -0.335 e. The number of carbonyl (C=O) groups is 2. The lowest BCUT2D eigenvalue weighted by atomic mass is 10.2. The highest BCUT2D eigenvalue weighted by molar-refractivity contribution is 7.15. The van der Waals surface area contributed by atoms with Crippen molar-refractivity contribution < 1.29 is 9.59 Å². The zero-order chi connectivity index (χ0) is 20.2. The van der Waals surface area contributed by atoms with E-state index >= 15 is 0 Å². The van der Waals surface area contributed by atoms with Crippen LogP contribution in [0.5, 0.6) is 0 Å². The number of aryl methyl sites for hydroxylation is 1. The van der Waals surface area contributed by atoms with Crippen molar-refractivity contribution in [3.05, 3.63) is 40.4 Å². The van der Waals surface area contributed by atoms with Crippen molar-refractivity contribution in [3.63, 3.8) is 0 Å². The molecule has 7 nitrogen and oxygen atoms in total. The van der Waals surface area contributed by atoms with E-state index in [1.165, 1.54) is 24.2 Å². The van der Waals surface area contributed by atoms with Crippen LogP contribution in [0.4, 0.5) is 15.6 Å². The molecule has 1 fully saturated rings. The second kappa shape index (κ2) is 8.92. The first kappa shape index (κ1) is 19.8. The Hall–Kier alpha value is -2.45. The molecular weight excluding hydrogens is 386 g/mol. The Balaban J connectivity index is 1.28. The summed E-state index contributed by atoms with van der Waals surface area (Å²) >= 11 is 1.50. The van der Waals surface area contributed by atoms with E-state index in [1.54, 1.807) is 0 Å². The molecule has 2 aliphatic rings. The molecule has 3 amide bonds. The molecule has 3 N–H and O–H groups in total. The Kier molecular flexibility index (Phi) is 6.10. The fourth-order valence-corrected chi connectivity index (χ4v) is 4.91. The van der Waals surface area contributed by atoms with Crippen LogP contribution in [0, 0.1) is 6.92 Å². The second-order valence-electron chi connectivity index (χ2n) is 7.84. The molecule has 4 rings (SSSR count). The van der Waals surface area contributed by atoms with Gasteiger partial charge in [-0.1, -0.05) is 30.5 Å². The fraction of sp³-hybridized carbons (Fsp3) is 0.476. The monoisotopic (exact) mass is 413 g/mol. The summed E-state index contributed by atoms with van der Waals surface area (Å²) in [6.45, 7) is 3.83. The van der Waals surface area contributed by atoms with Crippen LogP contribution in [-0.4, -0.2) is 41.0 Å². The summed E-state index contributed by atoms with van der Waals surface area (Å²) < 4.78 is 0. The van der Waals surface area contributed by atoms with E-state index < -0.39 is 0 Å². The largest absolute Gasteiger partial charge is 0.335 e. The van der Waals surface area contributed by atoms with E-state index in [1.807, 2.05) is 31.2 Å². The van der Waals surface area contributed by atoms with Crippen LogP contribution in [0.2, 0.25) is 0 Å².